The lowest BCUT2D eigenvalue weighted by Gasteiger charge is -2.16. The van der Waals surface area contributed by atoms with E-state index in [1.807, 2.05) is 6.07 Å². The first kappa shape index (κ1) is 13.5. The third-order valence-corrected chi connectivity index (χ3v) is 4.52. The summed E-state index contributed by atoms with van der Waals surface area (Å²) in [7, 11) is 0. The van der Waals surface area contributed by atoms with Crippen molar-refractivity contribution < 1.29 is 4.39 Å². The lowest BCUT2D eigenvalue weighted by molar-refractivity contribution is 0.586. The highest BCUT2D eigenvalue weighted by atomic mass is 32.1. The SMILES string of the molecule is CCNC(C)c1csc(N2CCc3ccc(F)cc32)n1. The van der Waals surface area contributed by atoms with Crippen LogP contribution in [0.2, 0.25) is 0 Å². The maximum Gasteiger partial charge on any atom is 0.190 e. The Morgan fingerprint density at radius 1 is 1.50 bits per heavy atom. The van der Waals surface area contributed by atoms with E-state index < -0.39 is 0 Å². The molecule has 1 aliphatic heterocycles. The van der Waals surface area contributed by atoms with Gasteiger partial charge in [-0.2, -0.15) is 0 Å². The molecular weight excluding hydrogens is 273 g/mol. The smallest absolute Gasteiger partial charge is 0.190 e. The van der Waals surface area contributed by atoms with Crippen molar-refractivity contribution in [2.24, 2.45) is 0 Å². The highest BCUT2D eigenvalue weighted by molar-refractivity contribution is 7.13. The zero-order valence-electron chi connectivity index (χ0n) is 11.7. The molecule has 3 nitrogen and oxygen atoms in total. The van der Waals surface area contributed by atoms with Gasteiger partial charge in [-0.05, 0) is 37.6 Å². The number of hydrogen-bond acceptors (Lipinski definition) is 4. The largest absolute Gasteiger partial charge is 0.317 e. The summed E-state index contributed by atoms with van der Waals surface area (Å²) in [5.74, 6) is -0.187. The van der Waals surface area contributed by atoms with Gasteiger partial charge in [-0.25, -0.2) is 9.37 Å². The number of nitrogens with zero attached hydrogens (tertiary/aromatic N) is 2. The van der Waals surface area contributed by atoms with Gasteiger partial charge in [-0.1, -0.05) is 13.0 Å². The lowest BCUT2D eigenvalue weighted by Crippen LogP contribution is -2.18. The second-order valence-electron chi connectivity index (χ2n) is 5.01. The molecule has 0 spiro atoms. The Kier molecular flexibility index (Phi) is 3.72. The van der Waals surface area contributed by atoms with Gasteiger partial charge in [-0.3, -0.25) is 0 Å². The van der Waals surface area contributed by atoms with Crippen LogP contribution in [0, 0.1) is 5.82 Å². The van der Waals surface area contributed by atoms with Gasteiger partial charge in [0.1, 0.15) is 5.82 Å². The fraction of sp³-hybridized carbons (Fsp3) is 0.400. The predicted molar refractivity (Wildman–Crippen MR) is 81.3 cm³/mol. The topological polar surface area (TPSA) is 28.2 Å². The minimum absolute atomic E-state index is 0.187. The predicted octanol–water partition coefficient (Wildman–Crippen LogP) is 3.65. The summed E-state index contributed by atoms with van der Waals surface area (Å²) in [4.78, 5) is 6.82. The molecule has 2 heterocycles. The average molecular weight is 291 g/mol. The minimum Gasteiger partial charge on any atom is -0.317 e. The Hall–Kier alpha value is -1.46. The molecular formula is C15H18FN3S. The average Bonchev–Trinajstić information content (AvgIpc) is 3.04. The number of aromatic nitrogens is 1. The summed E-state index contributed by atoms with van der Waals surface area (Å²) in [6, 6.07) is 5.26. The highest BCUT2D eigenvalue weighted by Crippen LogP contribution is 2.37. The Morgan fingerprint density at radius 3 is 3.15 bits per heavy atom. The number of fused-ring (bicyclic) bond motifs is 1. The minimum atomic E-state index is -0.187. The second-order valence-corrected chi connectivity index (χ2v) is 5.85. The number of rotatable bonds is 4. The molecule has 0 radical (unpaired) electrons. The Bertz CT molecular complexity index is 611. The zero-order chi connectivity index (χ0) is 14.1. The van der Waals surface area contributed by atoms with Crippen LogP contribution in [-0.4, -0.2) is 18.1 Å². The van der Waals surface area contributed by atoms with Crippen LogP contribution in [0.15, 0.2) is 23.6 Å². The lowest BCUT2D eigenvalue weighted by atomic mass is 10.2. The van der Waals surface area contributed by atoms with Crippen LogP contribution in [0.3, 0.4) is 0 Å². The Morgan fingerprint density at radius 2 is 2.35 bits per heavy atom. The summed E-state index contributed by atoms with van der Waals surface area (Å²) in [6.45, 7) is 6.00. The number of thiazole rings is 1. The quantitative estimate of drug-likeness (QED) is 0.932. The molecule has 1 unspecified atom stereocenters. The number of halogens is 1. The molecule has 106 valence electrons. The van der Waals surface area contributed by atoms with E-state index in [-0.39, 0.29) is 11.9 Å². The van der Waals surface area contributed by atoms with Crippen LogP contribution in [0.25, 0.3) is 0 Å². The van der Waals surface area contributed by atoms with Crippen LogP contribution in [0.1, 0.15) is 31.1 Å². The van der Waals surface area contributed by atoms with Gasteiger partial charge in [0.15, 0.2) is 5.13 Å². The summed E-state index contributed by atoms with van der Waals surface area (Å²) >= 11 is 1.62. The molecule has 20 heavy (non-hydrogen) atoms. The van der Waals surface area contributed by atoms with E-state index in [0.717, 1.165) is 36.0 Å². The van der Waals surface area contributed by atoms with Crippen molar-refractivity contribution in [1.82, 2.24) is 10.3 Å². The van der Waals surface area contributed by atoms with E-state index in [4.69, 9.17) is 4.98 Å². The second kappa shape index (κ2) is 5.50. The summed E-state index contributed by atoms with van der Waals surface area (Å²) in [5.41, 5.74) is 3.21. The van der Waals surface area contributed by atoms with Gasteiger partial charge < -0.3 is 10.2 Å². The molecule has 0 aliphatic carbocycles. The van der Waals surface area contributed by atoms with Gasteiger partial charge in [0.2, 0.25) is 0 Å². The number of hydrogen-bond donors (Lipinski definition) is 1. The van der Waals surface area contributed by atoms with Crippen molar-refractivity contribution in [1.29, 1.82) is 0 Å². The van der Waals surface area contributed by atoms with Crippen LogP contribution in [-0.2, 0) is 6.42 Å². The zero-order valence-corrected chi connectivity index (χ0v) is 12.5. The first-order chi connectivity index (χ1) is 9.69. The van der Waals surface area contributed by atoms with Gasteiger partial charge in [0, 0.05) is 23.7 Å². The van der Waals surface area contributed by atoms with Gasteiger partial charge in [0.05, 0.1) is 5.69 Å². The van der Waals surface area contributed by atoms with Crippen LogP contribution >= 0.6 is 11.3 Å². The normalized spacial score (nSPS) is 15.4. The van der Waals surface area contributed by atoms with E-state index >= 15 is 0 Å². The first-order valence-electron chi connectivity index (χ1n) is 6.94. The van der Waals surface area contributed by atoms with Crippen molar-refractivity contribution in [2.45, 2.75) is 26.3 Å². The van der Waals surface area contributed by atoms with Crippen molar-refractivity contribution in [3.63, 3.8) is 0 Å². The van der Waals surface area contributed by atoms with E-state index in [2.05, 4.69) is 29.4 Å². The molecule has 1 N–H and O–H groups in total. The van der Waals surface area contributed by atoms with Crippen LogP contribution < -0.4 is 10.2 Å². The van der Waals surface area contributed by atoms with Crippen LogP contribution in [0.4, 0.5) is 15.2 Å². The molecule has 0 saturated heterocycles. The monoisotopic (exact) mass is 291 g/mol. The number of nitrogens with one attached hydrogen (secondary N) is 1. The van der Waals surface area contributed by atoms with E-state index in [9.17, 15) is 4.39 Å². The fourth-order valence-electron chi connectivity index (χ4n) is 2.56. The molecule has 5 heteroatoms. The van der Waals surface area contributed by atoms with Crippen molar-refractivity contribution in [2.75, 3.05) is 18.0 Å². The molecule has 1 aromatic carbocycles. The molecule has 0 saturated carbocycles. The molecule has 3 rings (SSSR count). The standard InChI is InChI=1S/C15H18FN3S/c1-3-17-10(2)13-9-20-15(18-13)19-7-6-11-4-5-12(16)8-14(11)19/h4-5,8-10,17H,3,6-7H2,1-2H3. The first-order valence-corrected chi connectivity index (χ1v) is 7.81. The van der Waals surface area contributed by atoms with Gasteiger partial charge in [0.25, 0.3) is 0 Å². The third-order valence-electron chi connectivity index (χ3n) is 3.64. The molecule has 0 bridgehead atoms. The maximum atomic E-state index is 13.4. The third kappa shape index (κ3) is 2.43. The van der Waals surface area contributed by atoms with Crippen molar-refractivity contribution in [3.8, 4) is 0 Å². The summed E-state index contributed by atoms with van der Waals surface area (Å²) in [6.07, 6.45) is 0.952. The van der Waals surface area contributed by atoms with E-state index in [1.54, 1.807) is 17.4 Å². The molecule has 0 amide bonds. The summed E-state index contributed by atoms with van der Waals surface area (Å²) in [5, 5.41) is 6.40. The van der Waals surface area contributed by atoms with Crippen LogP contribution in [0.5, 0.6) is 0 Å². The molecule has 1 aromatic heterocycles. The molecule has 1 atom stereocenters. The maximum absolute atomic E-state index is 13.4. The number of anilines is 2. The van der Waals surface area contributed by atoms with E-state index in [0.29, 0.717) is 0 Å². The van der Waals surface area contributed by atoms with E-state index in [1.165, 1.54) is 11.6 Å². The van der Waals surface area contributed by atoms with Crippen molar-refractivity contribution in [3.05, 3.63) is 40.7 Å². The Balaban J connectivity index is 1.87. The molecule has 0 fully saturated rings. The van der Waals surface area contributed by atoms with Crippen molar-refractivity contribution >= 4 is 22.2 Å². The molecule has 2 aromatic rings. The Labute approximate surface area is 122 Å². The van der Waals surface area contributed by atoms with Gasteiger partial charge >= 0.3 is 0 Å². The summed E-state index contributed by atoms with van der Waals surface area (Å²) < 4.78 is 13.4. The number of benzene rings is 1. The highest BCUT2D eigenvalue weighted by Gasteiger charge is 2.23. The fourth-order valence-corrected chi connectivity index (χ4v) is 3.52. The van der Waals surface area contributed by atoms with Gasteiger partial charge in [-0.15, -0.1) is 11.3 Å². The molecule has 1 aliphatic rings.